The third-order valence-electron chi connectivity index (χ3n) is 5.03. The van der Waals surface area contributed by atoms with E-state index in [0.717, 1.165) is 27.7 Å². The average molecular weight is 380 g/mol. The Bertz CT molecular complexity index is 1160. The number of halogens is 2. The molecule has 0 saturated carbocycles. The number of hydrogen-bond acceptors (Lipinski definition) is 5. The molecule has 4 heterocycles. The zero-order valence-electron chi connectivity index (χ0n) is 15.0. The first-order valence-corrected chi connectivity index (χ1v) is 9.17. The van der Waals surface area contributed by atoms with Crippen LogP contribution < -0.4 is 10.2 Å². The van der Waals surface area contributed by atoms with E-state index < -0.39 is 5.92 Å². The van der Waals surface area contributed by atoms with Gasteiger partial charge in [0.25, 0.3) is 5.92 Å². The number of rotatable bonds is 3. The van der Waals surface area contributed by atoms with E-state index in [0.29, 0.717) is 24.4 Å². The molecule has 1 aromatic carbocycles. The van der Waals surface area contributed by atoms with Gasteiger partial charge in [-0.2, -0.15) is 5.10 Å². The smallest absolute Gasteiger partial charge is 0.265 e. The number of hydrogen-bond donors (Lipinski definition) is 2. The number of benzene rings is 1. The van der Waals surface area contributed by atoms with Crippen LogP contribution >= 0.6 is 0 Å². The molecule has 5 rings (SSSR count). The van der Waals surface area contributed by atoms with Crippen molar-refractivity contribution in [3.8, 4) is 0 Å². The van der Waals surface area contributed by atoms with Crippen LogP contribution in [0.3, 0.4) is 0 Å². The standard InChI is InChI=1S/C20H18F2N6/c21-20(22)7-2-10-28(12-20)19-15-5-4-14(11-13(15)6-9-24-19)25-18-16-3-1-8-23-17(16)26-27-18/h1,3-6,8-9,11H,2,7,10,12H2,(H2,23,25,26,27). The number of aromatic amines is 1. The molecule has 0 aliphatic carbocycles. The predicted octanol–water partition coefficient (Wildman–Crippen LogP) is 4.49. The van der Waals surface area contributed by atoms with Crippen LogP contribution in [0.5, 0.6) is 0 Å². The molecule has 0 amide bonds. The molecule has 8 heteroatoms. The van der Waals surface area contributed by atoms with Gasteiger partial charge in [-0.25, -0.2) is 18.7 Å². The van der Waals surface area contributed by atoms with Gasteiger partial charge in [0.1, 0.15) is 11.6 Å². The monoisotopic (exact) mass is 380 g/mol. The summed E-state index contributed by atoms with van der Waals surface area (Å²) in [6.45, 7) is 0.307. The Kier molecular flexibility index (Phi) is 3.85. The number of fused-ring (bicyclic) bond motifs is 2. The molecule has 1 aliphatic rings. The molecule has 0 unspecified atom stereocenters. The molecular formula is C20H18F2N6. The van der Waals surface area contributed by atoms with Crippen LogP contribution in [0, 0.1) is 0 Å². The van der Waals surface area contributed by atoms with E-state index in [1.807, 2.05) is 36.4 Å². The number of aromatic nitrogens is 4. The highest BCUT2D eigenvalue weighted by Gasteiger charge is 2.36. The van der Waals surface area contributed by atoms with Crippen molar-refractivity contribution in [2.75, 3.05) is 23.3 Å². The summed E-state index contributed by atoms with van der Waals surface area (Å²) in [6, 6.07) is 11.5. The molecule has 142 valence electrons. The first kappa shape index (κ1) is 16.9. The van der Waals surface area contributed by atoms with Gasteiger partial charge in [-0.05, 0) is 48.2 Å². The van der Waals surface area contributed by atoms with Gasteiger partial charge >= 0.3 is 0 Å². The van der Waals surface area contributed by atoms with Crippen molar-refractivity contribution in [2.45, 2.75) is 18.8 Å². The van der Waals surface area contributed by atoms with Crippen molar-refractivity contribution in [1.82, 2.24) is 20.2 Å². The third kappa shape index (κ3) is 3.00. The first-order valence-electron chi connectivity index (χ1n) is 9.17. The third-order valence-corrected chi connectivity index (χ3v) is 5.03. The van der Waals surface area contributed by atoms with Gasteiger partial charge < -0.3 is 10.2 Å². The van der Waals surface area contributed by atoms with Crippen LogP contribution in [-0.2, 0) is 0 Å². The molecule has 0 spiro atoms. The number of nitrogens with one attached hydrogen (secondary N) is 2. The predicted molar refractivity (Wildman–Crippen MR) is 105 cm³/mol. The van der Waals surface area contributed by atoms with Crippen molar-refractivity contribution in [2.24, 2.45) is 0 Å². The number of pyridine rings is 2. The van der Waals surface area contributed by atoms with E-state index in [1.165, 1.54) is 0 Å². The molecule has 0 bridgehead atoms. The molecule has 1 aliphatic heterocycles. The second-order valence-corrected chi connectivity index (χ2v) is 7.05. The minimum absolute atomic E-state index is 0.0602. The van der Waals surface area contributed by atoms with Gasteiger partial charge in [-0.3, -0.25) is 5.10 Å². The topological polar surface area (TPSA) is 69.7 Å². The SMILES string of the molecule is FC1(F)CCCN(c2nccc3cc(Nc4[nH]nc5ncccc45)ccc23)C1. The van der Waals surface area contributed by atoms with E-state index in [1.54, 1.807) is 17.3 Å². The van der Waals surface area contributed by atoms with E-state index in [4.69, 9.17) is 0 Å². The molecule has 6 nitrogen and oxygen atoms in total. The van der Waals surface area contributed by atoms with E-state index >= 15 is 0 Å². The molecule has 2 N–H and O–H groups in total. The second kappa shape index (κ2) is 6.40. The van der Waals surface area contributed by atoms with Crippen LogP contribution in [0.2, 0.25) is 0 Å². The second-order valence-electron chi connectivity index (χ2n) is 7.05. The van der Waals surface area contributed by atoms with Crippen LogP contribution in [0.4, 0.5) is 26.1 Å². The van der Waals surface area contributed by atoms with Crippen LogP contribution in [-0.4, -0.2) is 39.2 Å². The Labute approximate surface area is 159 Å². The number of anilines is 3. The highest BCUT2D eigenvalue weighted by atomic mass is 19.3. The van der Waals surface area contributed by atoms with Gasteiger partial charge in [0.2, 0.25) is 0 Å². The Balaban J connectivity index is 1.48. The largest absolute Gasteiger partial charge is 0.350 e. The summed E-state index contributed by atoms with van der Waals surface area (Å²) in [4.78, 5) is 10.3. The number of alkyl halides is 2. The van der Waals surface area contributed by atoms with Crippen molar-refractivity contribution in [3.63, 3.8) is 0 Å². The maximum atomic E-state index is 13.8. The Morgan fingerprint density at radius 2 is 2.00 bits per heavy atom. The number of nitrogens with zero attached hydrogens (tertiary/aromatic N) is 4. The molecule has 1 fully saturated rings. The van der Waals surface area contributed by atoms with Gasteiger partial charge in [0, 0.05) is 36.4 Å². The normalized spacial score (nSPS) is 16.6. The summed E-state index contributed by atoms with van der Waals surface area (Å²) < 4.78 is 27.7. The summed E-state index contributed by atoms with van der Waals surface area (Å²) in [5, 5.41) is 13.1. The highest BCUT2D eigenvalue weighted by molar-refractivity contribution is 5.96. The molecule has 0 radical (unpaired) electrons. The first-order chi connectivity index (χ1) is 13.6. The lowest BCUT2D eigenvalue weighted by Crippen LogP contribution is -2.43. The van der Waals surface area contributed by atoms with Crippen LogP contribution in [0.1, 0.15) is 12.8 Å². The van der Waals surface area contributed by atoms with Crippen molar-refractivity contribution < 1.29 is 8.78 Å². The minimum atomic E-state index is -2.67. The zero-order valence-corrected chi connectivity index (χ0v) is 15.0. The van der Waals surface area contributed by atoms with E-state index in [-0.39, 0.29) is 13.0 Å². The number of piperidine rings is 1. The lowest BCUT2D eigenvalue weighted by molar-refractivity contribution is -0.0117. The number of H-pyrrole nitrogens is 1. The average Bonchev–Trinajstić information content (AvgIpc) is 3.09. The quantitative estimate of drug-likeness (QED) is 0.548. The van der Waals surface area contributed by atoms with Gasteiger partial charge in [0.05, 0.1) is 11.9 Å². The summed E-state index contributed by atoms with van der Waals surface area (Å²) >= 11 is 0. The molecule has 1 saturated heterocycles. The Morgan fingerprint density at radius 1 is 1.07 bits per heavy atom. The summed E-state index contributed by atoms with van der Waals surface area (Å²) in [6.07, 6.45) is 3.77. The van der Waals surface area contributed by atoms with E-state index in [2.05, 4.69) is 25.5 Å². The fourth-order valence-corrected chi connectivity index (χ4v) is 3.73. The maximum absolute atomic E-state index is 13.8. The van der Waals surface area contributed by atoms with Crippen LogP contribution in [0.25, 0.3) is 21.8 Å². The zero-order chi connectivity index (χ0) is 19.1. The van der Waals surface area contributed by atoms with Crippen molar-refractivity contribution >= 4 is 39.1 Å². The van der Waals surface area contributed by atoms with Gasteiger partial charge in [-0.1, -0.05) is 0 Å². The van der Waals surface area contributed by atoms with Gasteiger partial charge in [0.15, 0.2) is 5.65 Å². The van der Waals surface area contributed by atoms with Gasteiger partial charge in [-0.15, -0.1) is 0 Å². The lowest BCUT2D eigenvalue weighted by Gasteiger charge is -2.33. The molecule has 3 aromatic heterocycles. The summed E-state index contributed by atoms with van der Waals surface area (Å²) in [5.41, 5.74) is 1.51. The lowest BCUT2D eigenvalue weighted by atomic mass is 10.1. The minimum Gasteiger partial charge on any atom is -0.350 e. The van der Waals surface area contributed by atoms with Crippen molar-refractivity contribution in [1.29, 1.82) is 0 Å². The fraction of sp³-hybridized carbons (Fsp3) is 0.250. The Morgan fingerprint density at radius 3 is 2.89 bits per heavy atom. The summed E-state index contributed by atoms with van der Waals surface area (Å²) in [5.74, 6) is -1.30. The Hall–Kier alpha value is -3.29. The van der Waals surface area contributed by atoms with Crippen LogP contribution in [0.15, 0.2) is 48.8 Å². The molecule has 28 heavy (non-hydrogen) atoms. The van der Waals surface area contributed by atoms with E-state index in [9.17, 15) is 8.78 Å². The fourth-order valence-electron chi connectivity index (χ4n) is 3.73. The molecule has 0 atom stereocenters. The maximum Gasteiger partial charge on any atom is 0.265 e. The molecule has 4 aromatic rings. The highest BCUT2D eigenvalue weighted by Crippen LogP contribution is 2.34. The molecular weight excluding hydrogens is 362 g/mol. The van der Waals surface area contributed by atoms with Crippen molar-refractivity contribution in [3.05, 3.63) is 48.8 Å². The summed E-state index contributed by atoms with van der Waals surface area (Å²) in [7, 11) is 0.